The Morgan fingerprint density at radius 2 is 1.68 bits per heavy atom. The quantitative estimate of drug-likeness (QED) is 0.341. The van der Waals surface area contributed by atoms with E-state index in [2.05, 4.69) is 5.32 Å². The molecular formula is C30H36FN3O2S. The number of rotatable bonds is 8. The second-order valence-corrected chi connectivity index (χ2v) is 11.1. The Morgan fingerprint density at radius 1 is 0.946 bits per heavy atom. The molecule has 1 aliphatic rings. The van der Waals surface area contributed by atoms with Crippen molar-refractivity contribution in [3.8, 4) is 0 Å². The van der Waals surface area contributed by atoms with Crippen molar-refractivity contribution in [3.63, 3.8) is 0 Å². The summed E-state index contributed by atoms with van der Waals surface area (Å²) in [7, 11) is 0. The van der Waals surface area contributed by atoms with Crippen LogP contribution in [0.15, 0.2) is 53.9 Å². The fraction of sp³-hybridized carbons (Fsp3) is 0.400. The molecule has 1 saturated carbocycles. The number of nitrogens with one attached hydrogen (secondary N) is 1. The molecule has 1 aromatic heterocycles. The Bertz CT molecular complexity index is 1220. The first-order chi connectivity index (χ1) is 17.8. The molecule has 3 amide bonds. The number of nitrogens with zero attached hydrogens (tertiary/aromatic N) is 2. The predicted molar refractivity (Wildman–Crippen MR) is 148 cm³/mol. The third-order valence-corrected chi connectivity index (χ3v) is 8.16. The third-order valence-electron chi connectivity index (χ3n) is 7.15. The summed E-state index contributed by atoms with van der Waals surface area (Å²) in [6.45, 7) is 6.86. The lowest BCUT2D eigenvalue weighted by Crippen LogP contribution is -2.49. The Morgan fingerprint density at radius 3 is 2.32 bits per heavy atom. The van der Waals surface area contributed by atoms with Gasteiger partial charge in [-0.1, -0.05) is 49.1 Å². The molecule has 0 aliphatic heterocycles. The summed E-state index contributed by atoms with van der Waals surface area (Å²) in [5.41, 5.74) is 4.89. The Balaban J connectivity index is 1.56. The van der Waals surface area contributed by atoms with Crippen molar-refractivity contribution >= 4 is 29.0 Å². The van der Waals surface area contributed by atoms with Gasteiger partial charge in [-0.05, 0) is 79.9 Å². The van der Waals surface area contributed by atoms with E-state index in [0.717, 1.165) is 64.9 Å². The topological polar surface area (TPSA) is 52.7 Å². The molecule has 3 aromatic rings. The number of anilines is 1. The van der Waals surface area contributed by atoms with Crippen LogP contribution >= 0.6 is 11.3 Å². The molecule has 1 aliphatic carbocycles. The van der Waals surface area contributed by atoms with Crippen molar-refractivity contribution in [1.82, 2.24) is 9.80 Å². The van der Waals surface area contributed by atoms with Crippen LogP contribution in [0.5, 0.6) is 0 Å². The smallest absolute Gasteiger partial charge is 0.322 e. The van der Waals surface area contributed by atoms with Gasteiger partial charge in [0.15, 0.2) is 0 Å². The van der Waals surface area contributed by atoms with Crippen molar-refractivity contribution in [2.75, 3.05) is 11.9 Å². The van der Waals surface area contributed by atoms with Gasteiger partial charge in [0, 0.05) is 23.2 Å². The van der Waals surface area contributed by atoms with Gasteiger partial charge in [-0.3, -0.25) is 4.79 Å². The average Bonchev–Trinajstić information content (AvgIpc) is 3.29. The largest absolute Gasteiger partial charge is 0.332 e. The molecule has 4 rings (SSSR count). The molecule has 1 N–H and O–H groups in total. The van der Waals surface area contributed by atoms with E-state index in [1.54, 1.807) is 33.3 Å². The van der Waals surface area contributed by atoms with Gasteiger partial charge in [0.2, 0.25) is 5.91 Å². The number of hydrogen-bond acceptors (Lipinski definition) is 3. The fourth-order valence-electron chi connectivity index (χ4n) is 4.93. The zero-order valence-electron chi connectivity index (χ0n) is 21.9. The van der Waals surface area contributed by atoms with Crippen LogP contribution < -0.4 is 5.32 Å². The van der Waals surface area contributed by atoms with Crippen LogP contribution in [-0.2, 0) is 17.9 Å². The number of carbonyl (C=O) groups is 2. The van der Waals surface area contributed by atoms with Gasteiger partial charge in [-0.25, -0.2) is 9.18 Å². The normalized spacial score (nSPS) is 13.8. The average molecular weight is 522 g/mol. The Labute approximate surface area is 223 Å². The molecular weight excluding hydrogens is 485 g/mol. The van der Waals surface area contributed by atoms with Crippen LogP contribution in [-0.4, -0.2) is 34.3 Å². The summed E-state index contributed by atoms with van der Waals surface area (Å²) in [4.78, 5) is 32.0. The monoisotopic (exact) mass is 521 g/mol. The Hall–Kier alpha value is -3.19. The summed E-state index contributed by atoms with van der Waals surface area (Å²) >= 11 is 1.62. The van der Waals surface area contributed by atoms with E-state index < -0.39 is 0 Å². The van der Waals surface area contributed by atoms with Gasteiger partial charge >= 0.3 is 6.03 Å². The number of thiophene rings is 1. The first-order valence-electron chi connectivity index (χ1n) is 13.0. The van der Waals surface area contributed by atoms with Gasteiger partial charge in [-0.2, -0.15) is 0 Å². The van der Waals surface area contributed by atoms with E-state index >= 15 is 0 Å². The van der Waals surface area contributed by atoms with Crippen LogP contribution in [0.4, 0.5) is 14.9 Å². The molecule has 7 heteroatoms. The summed E-state index contributed by atoms with van der Waals surface area (Å²) in [6.07, 6.45) is 5.07. The van der Waals surface area contributed by atoms with Gasteiger partial charge in [0.1, 0.15) is 12.4 Å². The summed E-state index contributed by atoms with van der Waals surface area (Å²) in [6, 6.07) is 14.0. The van der Waals surface area contributed by atoms with Crippen molar-refractivity contribution in [1.29, 1.82) is 0 Å². The number of aryl methyl sites for hydroxylation is 3. The summed E-state index contributed by atoms with van der Waals surface area (Å²) < 4.78 is 13.5. The number of benzene rings is 2. The minimum absolute atomic E-state index is 0.00697. The molecule has 0 unspecified atom stereocenters. The molecule has 1 heterocycles. The highest BCUT2D eigenvalue weighted by molar-refractivity contribution is 7.10. The van der Waals surface area contributed by atoms with Crippen LogP contribution in [0.2, 0.25) is 0 Å². The maximum atomic E-state index is 13.8. The molecule has 5 nitrogen and oxygen atoms in total. The maximum absolute atomic E-state index is 13.8. The highest BCUT2D eigenvalue weighted by Gasteiger charge is 2.30. The van der Waals surface area contributed by atoms with E-state index in [9.17, 15) is 14.0 Å². The maximum Gasteiger partial charge on any atom is 0.322 e. The third kappa shape index (κ3) is 7.19. The van der Waals surface area contributed by atoms with Crippen LogP contribution in [0, 0.1) is 26.6 Å². The van der Waals surface area contributed by atoms with Crippen LogP contribution in [0.3, 0.4) is 0 Å². The van der Waals surface area contributed by atoms with Gasteiger partial charge in [-0.15, -0.1) is 11.3 Å². The van der Waals surface area contributed by atoms with Crippen molar-refractivity contribution in [2.24, 2.45) is 0 Å². The second kappa shape index (κ2) is 12.4. The summed E-state index contributed by atoms with van der Waals surface area (Å²) in [5, 5.41) is 5.09. The molecule has 0 bridgehead atoms. The zero-order chi connectivity index (χ0) is 26.4. The standard InChI is InChI=1S/C30H36FN3O2S/c1-21-9-14-27(23(3)17-21)32-30(36)34(26-7-5-4-6-8-26)20-29(35)33(19-28-22(2)15-16-37-28)18-24-10-12-25(31)13-11-24/h9-17,26H,4-8,18-20H2,1-3H3,(H,32,36). The minimum Gasteiger partial charge on any atom is -0.332 e. The lowest BCUT2D eigenvalue weighted by Gasteiger charge is -2.35. The number of carbonyl (C=O) groups excluding carboxylic acids is 2. The van der Waals surface area contributed by atoms with E-state index in [4.69, 9.17) is 0 Å². The van der Waals surface area contributed by atoms with Crippen LogP contribution in [0.1, 0.15) is 59.2 Å². The van der Waals surface area contributed by atoms with Gasteiger partial charge in [0.25, 0.3) is 0 Å². The minimum atomic E-state index is -0.303. The Kier molecular flexibility index (Phi) is 8.98. The van der Waals surface area contributed by atoms with Crippen molar-refractivity contribution in [2.45, 2.75) is 72.0 Å². The molecule has 0 saturated heterocycles. The molecule has 1 fully saturated rings. The van der Waals surface area contributed by atoms with Gasteiger partial charge < -0.3 is 15.1 Å². The van der Waals surface area contributed by atoms with Crippen molar-refractivity contribution < 1.29 is 14.0 Å². The SMILES string of the molecule is Cc1ccc(NC(=O)N(CC(=O)N(Cc2ccc(F)cc2)Cc2sccc2C)C2CCCCC2)c(C)c1. The number of amides is 3. The fourth-order valence-corrected chi connectivity index (χ4v) is 5.85. The molecule has 0 atom stereocenters. The van der Waals surface area contributed by atoms with Crippen LogP contribution in [0.25, 0.3) is 0 Å². The highest BCUT2D eigenvalue weighted by atomic mass is 32.1. The lowest BCUT2D eigenvalue weighted by atomic mass is 9.94. The van der Waals surface area contributed by atoms with E-state index in [1.807, 2.05) is 50.4 Å². The molecule has 37 heavy (non-hydrogen) atoms. The first-order valence-corrected chi connectivity index (χ1v) is 13.9. The van der Waals surface area contributed by atoms with E-state index in [1.165, 1.54) is 12.1 Å². The lowest BCUT2D eigenvalue weighted by molar-refractivity contribution is -0.133. The van der Waals surface area contributed by atoms with E-state index in [0.29, 0.717) is 13.1 Å². The zero-order valence-corrected chi connectivity index (χ0v) is 22.7. The molecule has 2 aromatic carbocycles. The van der Waals surface area contributed by atoms with E-state index in [-0.39, 0.29) is 30.3 Å². The molecule has 196 valence electrons. The summed E-state index contributed by atoms with van der Waals surface area (Å²) in [5.74, 6) is -0.416. The highest BCUT2D eigenvalue weighted by Crippen LogP contribution is 2.26. The van der Waals surface area contributed by atoms with Gasteiger partial charge in [0.05, 0.1) is 6.54 Å². The predicted octanol–water partition coefficient (Wildman–Crippen LogP) is 7.21. The molecule has 0 radical (unpaired) electrons. The van der Waals surface area contributed by atoms with Crippen molar-refractivity contribution in [3.05, 3.63) is 86.9 Å². The number of halogens is 1. The molecule has 0 spiro atoms. The number of hydrogen-bond donors (Lipinski definition) is 1. The second-order valence-electron chi connectivity index (χ2n) is 10.1. The number of urea groups is 1. The first kappa shape index (κ1) is 26.9.